The summed E-state index contributed by atoms with van der Waals surface area (Å²) >= 11 is 0. The maximum atomic E-state index is 8.69. The van der Waals surface area contributed by atoms with Gasteiger partial charge in [0.1, 0.15) is 0 Å². The van der Waals surface area contributed by atoms with E-state index >= 15 is 0 Å². The van der Waals surface area contributed by atoms with Crippen molar-refractivity contribution in [2.45, 2.75) is 38.3 Å². The lowest BCUT2D eigenvalue weighted by Crippen LogP contribution is -2.28. The number of benzene rings is 1. The van der Waals surface area contributed by atoms with Gasteiger partial charge in [0.25, 0.3) is 0 Å². The van der Waals surface area contributed by atoms with Gasteiger partial charge in [-0.2, -0.15) is 0 Å². The second kappa shape index (κ2) is 5.87. The Balaban J connectivity index is 2.04. The molecule has 1 aromatic rings. The normalized spacial score (nSPS) is 17.6. The molecule has 0 unspecified atom stereocenters. The van der Waals surface area contributed by atoms with Crippen LogP contribution < -0.4 is 5.73 Å². The zero-order chi connectivity index (χ0) is 13.0. The molecule has 1 aromatic carbocycles. The Morgan fingerprint density at radius 2 is 2.17 bits per heavy atom. The van der Waals surface area contributed by atoms with Crippen molar-refractivity contribution in [1.82, 2.24) is 4.90 Å². The van der Waals surface area contributed by atoms with E-state index in [1.54, 1.807) is 0 Å². The highest BCUT2D eigenvalue weighted by atomic mass is 16.4. The lowest BCUT2D eigenvalue weighted by molar-refractivity contribution is 0.237. The second-order valence-electron chi connectivity index (χ2n) is 5.04. The average Bonchev–Trinajstić information content (AvgIpc) is 2.92. The summed E-state index contributed by atoms with van der Waals surface area (Å²) < 4.78 is 0. The molecule has 0 saturated heterocycles. The number of hydrogen-bond donors (Lipinski definition) is 2. The third kappa shape index (κ3) is 3.01. The summed E-state index contributed by atoms with van der Waals surface area (Å²) in [7, 11) is 2.17. The van der Waals surface area contributed by atoms with Crippen LogP contribution in [0.1, 0.15) is 36.8 Å². The average molecular weight is 247 g/mol. The zero-order valence-corrected chi connectivity index (χ0v) is 10.8. The first-order valence-corrected chi connectivity index (χ1v) is 6.48. The van der Waals surface area contributed by atoms with Crippen LogP contribution in [0.2, 0.25) is 0 Å². The van der Waals surface area contributed by atoms with Crippen LogP contribution in [-0.2, 0) is 6.54 Å². The van der Waals surface area contributed by atoms with Crippen LogP contribution in [0.25, 0.3) is 0 Å². The van der Waals surface area contributed by atoms with E-state index in [1.165, 1.54) is 31.2 Å². The zero-order valence-electron chi connectivity index (χ0n) is 10.8. The summed E-state index contributed by atoms with van der Waals surface area (Å²) in [5, 5.41) is 11.7. The van der Waals surface area contributed by atoms with Crippen molar-refractivity contribution in [3.05, 3.63) is 35.4 Å². The highest BCUT2D eigenvalue weighted by Crippen LogP contribution is 2.23. The van der Waals surface area contributed by atoms with Crippen molar-refractivity contribution in [3.63, 3.8) is 0 Å². The molecule has 18 heavy (non-hydrogen) atoms. The lowest BCUT2D eigenvalue weighted by atomic mass is 10.1. The van der Waals surface area contributed by atoms with E-state index in [9.17, 15) is 0 Å². The number of nitrogens with two attached hydrogens (primary N) is 1. The molecule has 4 nitrogen and oxygen atoms in total. The summed E-state index contributed by atoms with van der Waals surface area (Å²) in [4.78, 5) is 2.40. The quantitative estimate of drug-likeness (QED) is 0.371. The van der Waals surface area contributed by atoms with Gasteiger partial charge in [0, 0.05) is 18.2 Å². The molecule has 0 spiro atoms. The van der Waals surface area contributed by atoms with Gasteiger partial charge < -0.3 is 10.9 Å². The van der Waals surface area contributed by atoms with Crippen molar-refractivity contribution in [2.24, 2.45) is 10.9 Å². The molecule has 0 heterocycles. The highest BCUT2D eigenvalue weighted by Gasteiger charge is 2.19. The number of oxime groups is 1. The maximum absolute atomic E-state index is 8.69. The predicted octanol–water partition coefficient (Wildman–Crippen LogP) is 2.16. The standard InChI is InChI=1S/C14H21N3O/c1-17(13-7-2-3-8-13)10-11-5-4-6-12(9-11)14(15)16-18/h4-6,9,13,18H,2-3,7-8,10H2,1H3,(H2,15,16). The molecule has 3 N–H and O–H groups in total. The van der Waals surface area contributed by atoms with Crippen LogP contribution in [0.5, 0.6) is 0 Å². The Labute approximate surface area is 108 Å². The summed E-state index contributed by atoms with van der Waals surface area (Å²) in [6, 6.07) is 8.58. The monoisotopic (exact) mass is 247 g/mol. The van der Waals surface area contributed by atoms with Gasteiger partial charge in [0.15, 0.2) is 5.84 Å². The molecule has 1 aliphatic rings. The molecule has 2 rings (SSSR count). The molecule has 0 aromatic heterocycles. The number of amidine groups is 1. The maximum Gasteiger partial charge on any atom is 0.170 e. The van der Waals surface area contributed by atoms with E-state index in [-0.39, 0.29) is 5.84 Å². The van der Waals surface area contributed by atoms with Gasteiger partial charge in [-0.3, -0.25) is 4.90 Å². The fourth-order valence-electron chi connectivity index (χ4n) is 2.65. The van der Waals surface area contributed by atoms with E-state index in [1.807, 2.05) is 18.2 Å². The van der Waals surface area contributed by atoms with Crippen LogP contribution in [0.4, 0.5) is 0 Å². The molecule has 0 radical (unpaired) electrons. The third-order valence-corrected chi connectivity index (χ3v) is 3.71. The van der Waals surface area contributed by atoms with Gasteiger partial charge in [0.2, 0.25) is 0 Å². The largest absolute Gasteiger partial charge is 0.409 e. The fourth-order valence-corrected chi connectivity index (χ4v) is 2.65. The van der Waals surface area contributed by atoms with E-state index < -0.39 is 0 Å². The minimum Gasteiger partial charge on any atom is -0.409 e. The van der Waals surface area contributed by atoms with Gasteiger partial charge in [-0.05, 0) is 31.5 Å². The molecule has 1 aliphatic carbocycles. The molecule has 0 amide bonds. The first kappa shape index (κ1) is 12.9. The van der Waals surface area contributed by atoms with Crippen LogP contribution in [0.15, 0.2) is 29.4 Å². The first-order chi connectivity index (χ1) is 8.70. The van der Waals surface area contributed by atoms with Crippen LogP contribution in [-0.4, -0.2) is 29.0 Å². The SMILES string of the molecule is CN(Cc1cccc(/C(N)=N/O)c1)C1CCCC1. The summed E-state index contributed by atoms with van der Waals surface area (Å²) in [5.41, 5.74) is 7.58. The Morgan fingerprint density at radius 1 is 1.44 bits per heavy atom. The molecular weight excluding hydrogens is 226 g/mol. The van der Waals surface area contributed by atoms with Crippen LogP contribution >= 0.6 is 0 Å². The summed E-state index contributed by atoms with van der Waals surface area (Å²) in [5.74, 6) is 0.167. The molecular formula is C14H21N3O. The number of rotatable bonds is 4. The van der Waals surface area contributed by atoms with Crippen molar-refractivity contribution in [1.29, 1.82) is 0 Å². The second-order valence-corrected chi connectivity index (χ2v) is 5.04. The lowest BCUT2D eigenvalue weighted by Gasteiger charge is -2.24. The highest BCUT2D eigenvalue weighted by molar-refractivity contribution is 5.97. The smallest absolute Gasteiger partial charge is 0.170 e. The van der Waals surface area contributed by atoms with Gasteiger partial charge in [0.05, 0.1) is 0 Å². The Morgan fingerprint density at radius 3 is 2.83 bits per heavy atom. The van der Waals surface area contributed by atoms with E-state index in [2.05, 4.69) is 23.2 Å². The molecule has 4 heteroatoms. The fraction of sp³-hybridized carbons (Fsp3) is 0.500. The van der Waals surface area contributed by atoms with Gasteiger partial charge in [-0.15, -0.1) is 0 Å². The Hall–Kier alpha value is -1.55. The minimum absolute atomic E-state index is 0.167. The summed E-state index contributed by atoms with van der Waals surface area (Å²) in [6.07, 6.45) is 5.30. The Kier molecular flexibility index (Phi) is 4.20. The van der Waals surface area contributed by atoms with Gasteiger partial charge in [-0.25, -0.2) is 0 Å². The van der Waals surface area contributed by atoms with Gasteiger partial charge in [-0.1, -0.05) is 36.2 Å². The van der Waals surface area contributed by atoms with E-state index in [0.717, 1.165) is 12.1 Å². The Bertz CT molecular complexity index is 425. The van der Waals surface area contributed by atoms with Crippen LogP contribution in [0, 0.1) is 0 Å². The van der Waals surface area contributed by atoms with Gasteiger partial charge >= 0.3 is 0 Å². The molecule has 1 saturated carbocycles. The van der Waals surface area contributed by atoms with E-state index in [4.69, 9.17) is 10.9 Å². The minimum atomic E-state index is 0.167. The molecule has 0 bridgehead atoms. The number of nitrogens with zero attached hydrogens (tertiary/aromatic N) is 2. The molecule has 1 fully saturated rings. The topological polar surface area (TPSA) is 61.8 Å². The third-order valence-electron chi connectivity index (χ3n) is 3.71. The molecule has 0 atom stereocenters. The van der Waals surface area contributed by atoms with E-state index in [0.29, 0.717) is 6.04 Å². The first-order valence-electron chi connectivity index (χ1n) is 6.48. The van der Waals surface area contributed by atoms with Crippen molar-refractivity contribution < 1.29 is 5.21 Å². The van der Waals surface area contributed by atoms with Crippen LogP contribution in [0.3, 0.4) is 0 Å². The van der Waals surface area contributed by atoms with Crippen molar-refractivity contribution in [2.75, 3.05) is 7.05 Å². The van der Waals surface area contributed by atoms with Crippen molar-refractivity contribution >= 4 is 5.84 Å². The predicted molar refractivity (Wildman–Crippen MR) is 72.7 cm³/mol. The van der Waals surface area contributed by atoms with Crippen molar-refractivity contribution in [3.8, 4) is 0 Å². The molecule has 0 aliphatic heterocycles. The molecule has 98 valence electrons. The summed E-state index contributed by atoms with van der Waals surface area (Å²) in [6.45, 7) is 0.914. The number of hydrogen-bond acceptors (Lipinski definition) is 3.